The third-order valence-corrected chi connectivity index (χ3v) is 10.3. The van der Waals surface area contributed by atoms with Gasteiger partial charge in [-0.3, -0.25) is 4.98 Å². The number of rotatable bonds is 8. The summed E-state index contributed by atoms with van der Waals surface area (Å²) in [5.74, 6) is 0. The molecule has 1 atom stereocenters. The smallest absolute Gasteiger partial charge is 0.215 e. The molecule has 0 bridgehead atoms. The summed E-state index contributed by atoms with van der Waals surface area (Å²) in [6, 6.07) is 19.4. The van der Waals surface area contributed by atoms with E-state index in [-0.39, 0.29) is 5.25 Å². The molecule has 5 nitrogen and oxygen atoms in total. The maximum Gasteiger partial charge on any atom is 0.215 e. The molecule has 1 aliphatic carbocycles. The van der Waals surface area contributed by atoms with Gasteiger partial charge in [0.25, 0.3) is 0 Å². The SMILES string of the molecule is CSc1ccccc1C(NS(=O)(=O)C1CC1)c1cc2cccc(-c3cc(C(C)(C)O)ccn3)c2s1. The number of sulfonamides is 1. The zero-order chi connectivity index (χ0) is 24.8. The van der Waals surface area contributed by atoms with Gasteiger partial charge < -0.3 is 5.11 Å². The zero-order valence-corrected chi connectivity index (χ0v) is 22.3. The summed E-state index contributed by atoms with van der Waals surface area (Å²) in [6.45, 7) is 3.52. The fraction of sp³-hybridized carbons (Fsp3) is 0.296. The number of benzene rings is 2. The molecule has 1 saturated carbocycles. The Balaban J connectivity index is 1.64. The molecule has 1 unspecified atom stereocenters. The van der Waals surface area contributed by atoms with Gasteiger partial charge in [-0.25, -0.2) is 13.1 Å². The summed E-state index contributed by atoms with van der Waals surface area (Å²) in [5, 5.41) is 11.2. The molecule has 4 aromatic rings. The van der Waals surface area contributed by atoms with E-state index in [0.717, 1.165) is 42.2 Å². The average molecular weight is 525 g/mol. The van der Waals surface area contributed by atoms with E-state index in [4.69, 9.17) is 0 Å². The van der Waals surface area contributed by atoms with Crippen LogP contribution in [-0.4, -0.2) is 30.0 Å². The van der Waals surface area contributed by atoms with Crippen molar-refractivity contribution >= 4 is 43.2 Å². The highest BCUT2D eigenvalue weighted by atomic mass is 32.2. The number of thioether (sulfide) groups is 1. The van der Waals surface area contributed by atoms with Crippen LogP contribution in [0.15, 0.2) is 71.8 Å². The van der Waals surface area contributed by atoms with Crippen molar-refractivity contribution in [2.45, 2.75) is 48.5 Å². The summed E-state index contributed by atoms with van der Waals surface area (Å²) < 4.78 is 30.1. The topological polar surface area (TPSA) is 79.3 Å². The van der Waals surface area contributed by atoms with Gasteiger partial charge in [-0.2, -0.15) is 0 Å². The Bertz CT molecular complexity index is 1490. The number of aliphatic hydroxyl groups is 1. The van der Waals surface area contributed by atoms with E-state index >= 15 is 0 Å². The number of nitrogens with one attached hydrogen (secondary N) is 1. The van der Waals surface area contributed by atoms with Gasteiger partial charge in [-0.05, 0) is 73.7 Å². The molecule has 35 heavy (non-hydrogen) atoms. The first-order chi connectivity index (χ1) is 16.7. The Morgan fingerprint density at radius 3 is 2.60 bits per heavy atom. The predicted octanol–water partition coefficient (Wildman–Crippen LogP) is 6.08. The first-order valence-corrected chi connectivity index (χ1v) is 15.1. The maximum atomic E-state index is 13.0. The second-order valence-electron chi connectivity index (χ2n) is 9.40. The van der Waals surface area contributed by atoms with Gasteiger partial charge in [0, 0.05) is 26.2 Å². The third kappa shape index (κ3) is 5.04. The van der Waals surface area contributed by atoms with E-state index in [0.29, 0.717) is 12.8 Å². The summed E-state index contributed by atoms with van der Waals surface area (Å²) >= 11 is 3.20. The van der Waals surface area contributed by atoms with E-state index in [9.17, 15) is 13.5 Å². The molecular weight excluding hydrogens is 497 g/mol. The van der Waals surface area contributed by atoms with Crippen molar-refractivity contribution in [2.75, 3.05) is 6.26 Å². The maximum absolute atomic E-state index is 13.0. The quantitative estimate of drug-likeness (QED) is 0.273. The Morgan fingerprint density at radius 1 is 1.11 bits per heavy atom. The summed E-state index contributed by atoms with van der Waals surface area (Å²) in [4.78, 5) is 6.58. The highest BCUT2D eigenvalue weighted by molar-refractivity contribution is 7.98. The number of fused-ring (bicyclic) bond motifs is 1. The highest BCUT2D eigenvalue weighted by Gasteiger charge is 2.38. The van der Waals surface area contributed by atoms with Crippen LogP contribution in [-0.2, 0) is 15.6 Å². The molecule has 182 valence electrons. The lowest BCUT2D eigenvalue weighted by Gasteiger charge is -2.20. The van der Waals surface area contributed by atoms with Crippen molar-refractivity contribution < 1.29 is 13.5 Å². The minimum atomic E-state index is -3.42. The van der Waals surface area contributed by atoms with E-state index < -0.39 is 21.7 Å². The Kier molecular flexibility index (Phi) is 6.52. The van der Waals surface area contributed by atoms with Crippen LogP contribution >= 0.6 is 23.1 Å². The van der Waals surface area contributed by atoms with Crippen molar-refractivity contribution in [3.63, 3.8) is 0 Å². The van der Waals surface area contributed by atoms with Crippen LogP contribution in [0.5, 0.6) is 0 Å². The molecule has 2 aromatic heterocycles. The number of hydrogen-bond donors (Lipinski definition) is 2. The lowest BCUT2D eigenvalue weighted by Crippen LogP contribution is -2.32. The molecule has 2 heterocycles. The van der Waals surface area contributed by atoms with Crippen LogP contribution in [0.1, 0.15) is 48.7 Å². The molecule has 0 aliphatic heterocycles. The van der Waals surface area contributed by atoms with Crippen LogP contribution < -0.4 is 4.72 Å². The second-order valence-corrected chi connectivity index (χ2v) is 13.3. The van der Waals surface area contributed by atoms with E-state index in [1.807, 2.05) is 60.9 Å². The first kappa shape index (κ1) is 24.5. The number of hydrogen-bond acceptors (Lipinski definition) is 6. The molecule has 0 spiro atoms. The highest BCUT2D eigenvalue weighted by Crippen LogP contribution is 2.41. The van der Waals surface area contributed by atoms with Crippen LogP contribution in [0.4, 0.5) is 0 Å². The fourth-order valence-corrected chi connectivity index (χ4v) is 7.70. The second kappa shape index (κ2) is 9.33. The van der Waals surface area contributed by atoms with Gasteiger partial charge in [0.2, 0.25) is 10.0 Å². The van der Waals surface area contributed by atoms with Gasteiger partial charge >= 0.3 is 0 Å². The molecule has 2 aromatic carbocycles. The number of nitrogens with zero attached hydrogens (tertiary/aromatic N) is 1. The summed E-state index contributed by atoms with van der Waals surface area (Å²) in [7, 11) is -3.42. The zero-order valence-electron chi connectivity index (χ0n) is 19.9. The average Bonchev–Trinajstić information content (AvgIpc) is 3.62. The monoisotopic (exact) mass is 524 g/mol. The minimum absolute atomic E-state index is 0.301. The molecule has 0 radical (unpaired) electrons. The van der Waals surface area contributed by atoms with Gasteiger partial charge in [0.05, 0.1) is 22.6 Å². The largest absolute Gasteiger partial charge is 0.386 e. The third-order valence-electron chi connectivity index (χ3n) is 6.29. The molecule has 2 N–H and O–H groups in total. The lowest BCUT2D eigenvalue weighted by atomic mass is 9.97. The molecule has 0 saturated heterocycles. The Labute approximate surface area is 214 Å². The lowest BCUT2D eigenvalue weighted by molar-refractivity contribution is 0.0785. The molecule has 1 fully saturated rings. The standard InChI is InChI=1S/C27H28N2O3S3/c1-27(2,30)18-13-14-28-22(16-18)20-9-6-7-17-15-24(34-26(17)20)25(29-35(31,32)19-11-12-19)21-8-4-5-10-23(21)33-3/h4-10,13-16,19,25,29-30H,11-12H2,1-3H3. The minimum Gasteiger partial charge on any atom is -0.386 e. The van der Waals surface area contributed by atoms with Gasteiger partial charge in [-0.1, -0.05) is 36.4 Å². The summed E-state index contributed by atoms with van der Waals surface area (Å²) in [6.07, 6.45) is 5.16. The van der Waals surface area contributed by atoms with Crippen molar-refractivity contribution in [3.8, 4) is 11.3 Å². The number of thiophene rings is 1. The normalized spacial score (nSPS) is 15.4. The van der Waals surface area contributed by atoms with Crippen LogP contribution in [0.25, 0.3) is 21.3 Å². The van der Waals surface area contributed by atoms with Gasteiger partial charge in [0.1, 0.15) is 0 Å². The van der Waals surface area contributed by atoms with Crippen LogP contribution in [0, 0.1) is 0 Å². The Morgan fingerprint density at radius 2 is 1.89 bits per heavy atom. The van der Waals surface area contributed by atoms with Crippen molar-refractivity contribution in [1.29, 1.82) is 0 Å². The van der Waals surface area contributed by atoms with Crippen molar-refractivity contribution in [2.24, 2.45) is 0 Å². The van der Waals surface area contributed by atoms with Crippen LogP contribution in [0.2, 0.25) is 0 Å². The fourth-order valence-electron chi connectivity index (χ4n) is 4.20. The molecule has 1 aliphatic rings. The molecular formula is C27H28N2O3S3. The summed E-state index contributed by atoms with van der Waals surface area (Å²) in [5.41, 5.74) is 2.52. The van der Waals surface area contributed by atoms with Gasteiger partial charge in [-0.15, -0.1) is 23.1 Å². The Hall–Kier alpha value is -2.23. The first-order valence-electron chi connectivity index (χ1n) is 11.5. The van der Waals surface area contributed by atoms with E-state index in [1.54, 1.807) is 43.1 Å². The predicted molar refractivity (Wildman–Crippen MR) is 145 cm³/mol. The van der Waals surface area contributed by atoms with Crippen molar-refractivity contribution in [1.82, 2.24) is 9.71 Å². The number of aromatic nitrogens is 1. The van der Waals surface area contributed by atoms with E-state index in [1.165, 1.54) is 0 Å². The van der Waals surface area contributed by atoms with E-state index in [2.05, 4.69) is 15.8 Å². The van der Waals surface area contributed by atoms with Crippen LogP contribution in [0.3, 0.4) is 0 Å². The molecule has 8 heteroatoms. The molecule has 0 amide bonds. The number of pyridine rings is 1. The van der Waals surface area contributed by atoms with Crippen molar-refractivity contribution in [3.05, 3.63) is 82.9 Å². The van der Waals surface area contributed by atoms with Gasteiger partial charge in [0.15, 0.2) is 0 Å². The molecule has 5 rings (SSSR count).